The number of amides is 2. The Labute approximate surface area is 158 Å². The number of aromatic nitrogens is 1. The molecule has 0 unspecified atom stereocenters. The van der Waals surface area contributed by atoms with E-state index in [1.165, 1.54) is 24.3 Å². The lowest BCUT2D eigenvalue weighted by Gasteiger charge is -2.31. The third-order valence-corrected chi connectivity index (χ3v) is 4.72. The van der Waals surface area contributed by atoms with Crippen molar-refractivity contribution in [1.82, 2.24) is 9.88 Å². The standard InChI is InChI=1S/C20H23FN4O2/c1-24(2)18-8-7-17(13-22-18)23-19(26)14-9-11-25(12-10-14)20(27)15-3-5-16(21)6-4-15/h3-8,13-14H,9-12H2,1-2H3,(H,23,26). The number of benzene rings is 1. The van der Waals surface area contributed by atoms with Gasteiger partial charge in [-0.2, -0.15) is 0 Å². The minimum atomic E-state index is -0.366. The average molecular weight is 370 g/mol. The first-order valence-electron chi connectivity index (χ1n) is 8.93. The normalized spacial score (nSPS) is 14.7. The van der Waals surface area contributed by atoms with Crippen LogP contribution in [0.2, 0.25) is 0 Å². The first-order chi connectivity index (χ1) is 12.9. The van der Waals surface area contributed by atoms with Crippen LogP contribution in [0.4, 0.5) is 15.9 Å². The van der Waals surface area contributed by atoms with Crippen LogP contribution in [0.3, 0.4) is 0 Å². The van der Waals surface area contributed by atoms with E-state index in [0.717, 1.165) is 5.82 Å². The Morgan fingerprint density at radius 1 is 1.11 bits per heavy atom. The van der Waals surface area contributed by atoms with E-state index < -0.39 is 0 Å². The van der Waals surface area contributed by atoms with Crippen LogP contribution in [-0.4, -0.2) is 48.9 Å². The minimum Gasteiger partial charge on any atom is -0.363 e. The molecule has 0 aliphatic carbocycles. The molecule has 1 saturated heterocycles. The summed E-state index contributed by atoms with van der Waals surface area (Å²) in [5.41, 5.74) is 1.13. The summed E-state index contributed by atoms with van der Waals surface area (Å²) in [5, 5.41) is 2.89. The fourth-order valence-electron chi connectivity index (χ4n) is 3.09. The number of piperidine rings is 1. The van der Waals surface area contributed by atoms with Gasteiger partial charge in [0.2, 0.25) is 5.91 Å². The van der Waals surface area contributed by atoms with Gasteiger partial charge in [-0.25, -0.2) is 9.37 Å². The number of hydrogen-bond acceptors (Lipinski definition) is 4. The molecular formula is C20H23FN4O2. The maximum absolute atomic E-state index is 13.0. The Morgan fingerprint density at radius 3 is 2.33 bits per heavy atom. The summed E-state index contributed by atoms with van der Waals surface area (Å²) in [4.78, 5) is 32.8. The van der Waals surface area contributed by atoms with E-state index in [-0.39, 0.29) is 23.5 Å². The first-order valence-corrected chi connectivity index (χ1v) is 8.93. The van der Waals surface area contributed by atoms with E-state index in [1.807, 2.05) is 31.1 Å². The van der Waals surface area contributed by atoms with Crippen LogP contribution in [0.15, 0.2) is 42.6 Å². The van der Waals surface area contributed by atoms with Crippen molar-refractivity contribution in [3.8, 4) is 0 Å². The van der Waals surface area contributed by atoms with Gasteiger partial charge in [0.15, 0.2) is 0 Å². The van der Waals surface area contributed by atoms with Crippen molar-refractivity contribution in [3.05, 3.63) is 54.0 Å². The highest BCUT2D eigenvalue weighted by Gasteiger charge is 2.28. The first kappa shape index (κ1) is 18.8. The second kappa shape index (κ2) is 8.16. The maximum Gasteiger partial charge on any atom is 0.253 e. The molecule has 1 fully saturated rings. The van der Waals surface area contributed by atoms with Crippen molar-refractivity contribution in [1.29, 1.82) is 0 Å². The zero-order chi connectivity index (χ0) is 19.4. The van der Waals surface area contributed by atoms with Gasteiger partial charge in [-0.3, -0.25) is 9.59 Å². The highest BCUT2D eigenvalue weighted by molar-refractivity contribution is 5.95. The number of likely N-dealkylation sites (tertiary alicyclic amines) is 1. The summed E-state index contributed by atoms with van der Waals surface area (Å²) in [5.74, 6) is 0.132. The molecule has 1 aliphatic rings. The largest absolute Gasteiger partial charge is 0.363 e. The van der Waals surface area contributed by atoms with Crippen molar-refractivity contribution in [3.63, 3.8) is 0 Å². The van der Waals surface area contributed by atoms with E-state index >= 15 is 0 Å². The van der Waals surface area contributed by atoms with Crippen molar-refractivity contribution >= 4 is 23.3 Å². The molecule has 142 valence electrons. The second-order valence-corrected chi connectivity index (χ2v) is 6.86. The van der Waals surface area contributed by atoms with E-state index in [0.29, 0.717) is 37.2 Å². The summed E-state index contributed by atoms with van der Waals surface area (Å²) >= 11 is 0. The van der Waals surface area contributed by atoms with Crippen LogP contribution >= 0.6 is 0 Å². The number of anilines is 2. The van der Waals surface area contributed by atoms with E-state index in [4.69, 9.17) is 0 Å². The lowest BCUT2D eigenvalue weighted by Crippen LogP contribution is -2.41. The van der Waals surface area contributed by atoms with Gasteiger partial charge < -0.3 is 15.1 Å². The molecule has 2 amide bonds. The lowest BCUT2D eigenvalue weighted by molar-refractivity contribution is -0.121. The van der Waals surface area contributed by atoms with Crippen LogP contribution in [0.1, 0.15) is 23.2 Å². The summed E-state index contributed by atoms with van der Waals surface area (Å²) in [6.45, 7) is 1.01. The summed E-state index contributed by atoms with van der Waals surface area (Å²) < 4.78 is 13.0. The van der Waals surface area contributed by atoms with Crippen molar-refractivity contribution in [2.75, 3.05) is 37.4 Å². The maximum atomic E-state index is 13.0. The number of pyridine rings is 1. The highest BCUT2D eigenvalue weighted by Crippen LogP contribution is 2.21. The molecule has 1 N–H and O–H groups in total. The molecule has 1 aromatic carbocycles. The molecule has 2 heterocycles. The van der Waals surface area contributed by atoms with Gasteiger partial charge in [0.25, 0.3) is 5.91 Å². The van der Waals surface area contributed by atoms with Crippen molar-refractivity contribution < 1.29 is 14.0 Å². The molecule has 3 rings (SSSR count). The molecule has 2 aromatic rings. The number of nitrogens with zero attached hydrogens (tertiary/aromatic N) is 3. The average Bonchev–Trinajstić information content (AvgIpc) is 2.68. The van der Waals surface area contributed by atoms with Crippen molar-refractivity contribution in [2.45, 2.75) is 12.8 Å². The number of carbonyl (C=O) groups is 2. The fourth-order valence-corrected chi connectivity index (χ4v) is 3.09. The second-order valence-electron chi connectivity index (χ2n) is 6.86. The number of halogens is 1. The van der Waals surface area contributed by atoms with Gasteiger partial charge in [0, 0.05) is 38.7 Å². The SMILES string of the molecule is CN(C)c1ccc(NC(=O)C2CCN(C(=O)c3ccc(F)cc3)CC2)cn1. The number of nitrogens with one attached hydrogen (secondary N) is 1. The quantitative estimate of drug-likeness (QED) is 0.899. The Kier molecular flexibility index (Phi) is 5.69. The molecule has 27 heavy (non-hydrogen) atoms. The molecule has 0 radical (unpaired) electrons. The van der Waals surface area contributed by atoms with Gasteiger partial charge >= 0.3 is 0 Å². The molecule has 0 atom stereocenters. The van der Waals surface area contributed by atoms with Gasteiger partial charge in [0.1, 0.15) is 11.6 Å². The van der Waals surface area contributed by atoms with Gasteiger partial charge in [-0.15, -0.1) is 0 Å². The lowest BCUT2D eigenvalue weighted by atomic mass is 9.95. The monoisotopic (exact) mass is 370 g/mol. The van der Waals surface area contributed by atoms with Crippen LogP contribution in [0, 0.1) is 11.7 Å². The molecule has 0 spiro atoms. The summed E-state index contributed by atoms with van der Waals surface area (Å²) in [6.07, 6.45) is 2.84. The molecule has 0 bridgehead atoms. The Hall–Kier alpha value is -2.96. The third kappa shape index (κ3) is 4.61. The van der Waals surface area contributed by atoms with Gasteiger partial charge in [-0.05, 0) is 49.2 Å². The van der Waals surface area contributed by atoms with Crippen LogP contribution in [0.25, 0.3) is 0 Å². The molecule has 6 nitrogen and oxygen atoms in total. The zero-order valence-electron chi connectivity index (χ0n) is 15.5. The predicted molar refractivity (Wildman–Crippen MR) is 102 cm³/mol. The van der Waals surface area contributed by atoms with Crippen molar-refractivity contribution in [2.24, 2.45) is 5.92 Å². The summed E-state index contributed by atoms with van der Waals surface area (Å²) in [6, 6.07) is 9.21. The smallest absolute Gasteiger partial charge is 0.253 e. The Bertz CT molecular complexity index is 798. The van der Waals surface area contributed by atoms with E-state index in [9.17, 15) is 14.0 Å². The molecular weight excluding hydrogens is 347 g/mol. The molecule has 0 saturated carbocycles. The fraction of sp³-hybridized carbons (Fsp3) is 0.350. The minimum absolute atomic E-state index is 0.0525. The van der Waals surface area contributed by atoms with Gasteiger partial charge in [0.05, 0.1) is 11.9 Å². The zero-order valence-corrected chi connectivity index (χ0v) is 15.5. The number of rotatable bonds is 4. The van der Waals surface area contributed by atoms with Crippen LogP contribution in [-0.2, 0) is 4.79 Å². The highest BCUT2D eigenvalue weighted by atomic mass is 19.1. The third-order valence-electron chi connectivity index (χ3n) is 4.72. The molecule has 1 aromatic heterocycles. The van der Waals surface area contributed by atoms with E-state index in [2.05, 4.69) is 10.3 Å². The van der Waals surface area contributed by atoms with Gasteiger partial charge in [-0.1, -0.05) is 0 Å². The predicted octanol–water partition coefficient (Wildman–Crippen LogP) is 2.78. The number of carbonyl (C=O) groups excluding carboxylic acids is 2. The number of hydrogen-bond donors (Lipinski definition) is 1. The Balaban J connectivity index is 1.53. The summed E-state index contributed by atoms with van der Waals surface area (Å²) in [7, 11) is 3.81. The van der Waals surface area contributed by atoms with E-state index in [1.54, 1.807) is 11.1 Å². The van der Waals surface area contributed by atoms with Crippen LogP contribution in [0.5, 0.6) is 0 Å². The van der Waals surface area contributed by atoms with Crippen LogP contribution < -0.4 is 10.2 Å². The molecule has 7 heteroatoms. The Morgan fingerprint density at radius 2 is 1.78 bits per heavy atom. The topological polar surface area (TPSA) is 65.5 Å². The molecule has 1 aliphatic heterocycles.